The Morgan fingerprint density at radius 1 is 1.21 bits per heavy atom. The number of ether oxygens (including phenoxy) is 1. The van der Waals surface area contributed by atoms with Gasteiger partial charge in [-0.15, -0.1) is 0 Å². The van der Waals surface area contributed by atoms with Gasteiger partial charge < -0.3 is 9.64 Å². The van der Waals surface area contributed by atoms with Gasteiger partial charge in [0.05, 0.1) is 19.2 Å². The zero-order valence-corrected chi connectivity index (χ0v) is 16.1. The van der Waals surface area contributed by atoms with Gasteiger partial charge in [0.2, 0.25) is 5.91 Å². The lowest BCUT2D eigenvalue weighted by molar-refractivity contribution is -0.138. The molecule has 28 heavy (non-hydrogen) atoms. The summed E-state index contributed by atoms with van der Waals surface area (Å²) < 4.78 is 31.7. The molecule has 1 amide bonds. The minimum Gasteiger partial charge on any atom is -0.466 e. The second-order valence-electron chi connectivity index (χ2n) is 6.50. The molecule has 0 bridgehead atoms. The first kappa shape index (κ1) is 20.0. The highest BCUT2D eigenvalue weighted by Crippen LogP contribution is 2.40. The van der Waals surface area contributed by atoms with E-state index < -0.39 is 23.5 Å². The summed E-state index contributed by atoms with van der Waals surface area (Å²) in [4.78, 5) is 26.7. The van der Waals surface area contributed by atoms with Gasteiger partial charge >= 0.3 is 5.97 Å². The molecule has 0 unspecified atom stereocenters. The smallest absolute Gasteiger partial charge is 0.336 e. The number of hydrogen-bond acceptors (Lipinski definition) is 3. The maximum atomic E-state index is 13.5. The summed E-state index contributed by atoms with van der Waals surface area (Å²) in [5, 5.41) is 0.448. The van der Waals surface area contributed by atoms with E-state index in [2.05, 4.69) is 0 Å². The summed E-state index contributed by atoms with van der Waals surface area (Å²) >= 11 is 6.29. The van der Waals surface area contributed by atoms with E-state index in [4.69, 9.17) is 16.3 Å². The molecule has 3 rings (SSSR count). The highest BCUT2D eigenvalue weighted by Gasteiger charge is 2.37. The predicted molar refractivity (Wildman–Crippen MR) is 100 cm³/mol. The highest BCUT2D eigenvalue weighted by molar-refractivity contribution is 6.31. The Bertz CT molecular complexity index is 974. The van der Waals surface area contributed by atoms with E-state index in [-0.39, 0.29) is 18.9 Å². The molecule has 0 spiro atoms. The van der Waals surface area contributed by atoms with Crippen LogP contribution in [0.5, 0.6) is 0 Å². The van der Waals surface area contributed by atoms with Crippen molar-refractivity contribution in [3.05, 3.63) is 81.5 Å². The molecule has 0 saturated carbocycles. The number of hydrogen-bond donors (Lipinski definition) is 0. The van der Waals surface area contributed by atoms with Crippen molar-refractivity contribution < 1.29 is 23.1 Å². The number of allylic oxidation sites excluding steroid dienone is 1. The van der Waals surface area contributed by atoms with Crippen LogP contribution in [-0.2, 0) is 20.9 Å². The van der Waals surface area contributed by atoms with Gasteiger partial charge in [0.1, 0.15) is 0 Å². The predicted octanol–water partition coefficient (Wildman–Crippen LogP) is 4.58. The fraction of sp³-hybridized carbons (Fsp3) is 0.238. The highest BCUT2D eigenvalue weighted by atomic mass is 35.5. The Kier molecular flexibility index (Phi) is 5.79. The number of nitrogens with zero attached hydrogens (tertiary/aromatic N) is 1. The van der Waals surface area contributed by atoms with Crippen molar-refractivity contribution in [2.24, 2.45) is 0 Å². The number of benzene rings is 2. The number of halogens is 3. The van der Waals surface area contributed by atoms with Gasteiger partial charge in [-0.3, -0.25) is 4.79 Å². The van der Waals surface area contributed by atoms with E-state index in [0.29, 0.717) is 27.4 Å². The number of rotatable bonds is 4. The second kappa shape index (κ2) is 8.10. The largest absolute Gasteiger partial charge is 0.466 e. The van der Waals surface area contributed by atoms with Gasteiger partial charge in [0.25, 0.3) is 0 Å². The molecule has 146 valence electrons. The van der Waals surface area contributed by atoms with Crippen molar-refractivity contribution in [2.45, 2.75) is 25.8 Å². The number of carbonyl (C=O) groups excluding carboxylic acids is 2. The van der Waals surface area contributed by atoms with Crippen LogP contribution in [0.15, 0.2) is 53.7 Å². The zero-order chi connectivity index (χ0) is 20.4. The van der Waals surface area contributed by atoms with Crippen molar-refractivity contribution in [1.82, 2.24) is 4.90 Å². The second-order valence-corrected chi connectivity index (χ2v) is 6.90. The molecule has 1 heterocycles. The normalized spacial score (nSPS) is 17.1. The molecule has 2 aromatic rings. The van der Waals surface area contributed by atoms with E-state index in [9.17, 15) is 18.4 Å². The average molecular weight is 406 g/mol. The topological polar surface area (TPSA) is 46.6 Å². The first-order chi connectivity index (χ1) is 13.3. The van der Waals surface area contributed by atoms with Crippen LogP contribution in [0.1, 0.15) is 30.4 Å². The molecule has 0 aliphatic carbocycles. The molecule has 0 saturated heterocycles. The van der Waals surface area contributed by atoms with Gasteiger partial charge in [0, 0.05) is 23.1 Å². The molecule has 1 aliphatic heterocycles. The van der Waals surface area contributed by atoms with E-state index >= 15 is 0 Å². The van der Waals surface area contributed by atoms with Gasteiger partial charge in [0.15, 0.2) is 11.6 Å². The molecule has 4 nitrogen and oxygen atoms in total. The first-order valence-electron chi connectivity index (χ1n) is 8.61. The van der Waals surface area contributed by atoms with Crippen molar-refractivity contribution in [3.63, 3.8) is 0 Å². The average Bonchev–Trinajstić information content (AvgIpc) is 2.67. The van der Waals surface area contributed by atoms with Crippen molar-refractivity contribution in [1.29, 1.82) is 0 Å². The number of amides is 1. The summed E-state index contributed by atoms with van der Waals surface area (Å²) in [6, 6.07) is 10.4. The maximum absolute atomic E-state index is 13.5. The fourth-order valence-corrected chi connectivity index (χ4v) is 3.69. The molecule has 2 aromatic carbocycles. The molecular weight excluding hydrogens is 388 g/mol. The third-order valence-corrected chi connectivity index (χ3v) is 5.18. The third-order valence-electron chi connectivity index (χ3n) is 4.83. The monoisotopic (exact) mass is 405 g/mol. The molecule has 0 fully saturated rings. The number of carbonyl (C=O) groups is 2. The van der Waals surface area contributed by atoms with E-state index in [1.807, 2.05) is 0 Å². The van der Waals surface area contributed by atoms with Crippen molar-refractivity contribution in [3.8, 4) is 0 Å². The van der Waals surface area contributed by atoms with Crippen LogP contribution in [0.2, 0.25) is 5.02 Å². The van der Waals surface area contributed by atoms with Crippen molar-refractivity contribution in [2.75, 3.05) is 7.11 Å². The lowest BCUT2D eigenvalue weighted by Crippen LogP contribution is -2.38. The minimum absolute atomic E-state index is 0.00911. The van der Waals surface area contributed by atoms with Crippen LogP contribution in [0, 0.1) is 11.6 Å². The van der Waals surface area contributed by atoms with Gasteiger partial charge in [-0.05, 0) is 36.2 Å². The summed E-state index contributed by atoms with van der Waals surface area (Å²) in [5.74, 6) is -3.32. The Morgan fingerprint density at radius 3 is 2.57 bits per heavy atom. The quantitative estimate of drug-likeness (QED) is 0.699. The molecule has 1 aliphatic rings. The number of methoxy groups -OCH3 is 1. The zero-order valence-electron chi connectivity index (χ0n) is 15.3. The van der Waals surface area contributed by atoms with E-state index in [1.54, 1.807) is 31.2 Å². The van der Waals surface area contributed by atoms with Gasteiger partial charge in [-0.2, -0.15) is 0 Å². The fourth-order valence-electron chi connectivity index (χ4n) is 3.42. The maximum Gasteiger partial charge on any atom is 0.336 e. The standard InChI is InChI=1S/C21H18ClF2NO3/c1-12-20(21(27)28-2)15(14-5-3-4-6-16(14)22)10-19(26)25(12)11-13-7-8-17(23)18(24)9-13/h3-9,15H,10-11H2,1-2H3/t15-/m1/s1. The van der Waals surface area contributed by atoms with Crippen LogP contribution in [0.3, 0.4) is 0 Å². The Hall–Kier alpha value is -2.73. The summed E-state index contributed by atoms with van der Waals surface area (Å²) in [6.45, 7) is 1.64. The first-order valence-corrected chi connectivity index (χ1v) is 8.99. The molecular formula is C21H18ClF2NO3. The van der Waals surface area contributed by atoms with Crippen LogP contribution in [0.4, 0.5) is 8.78 Å². The van der Waals surface area contributed by atoms with Crippen molar-refractivity contribution >= 4 is 23.5 Å². The third kappa shape index (κ3) is 3.78. The molecule has 0 aromatic heterocycles. The van der Waals surface area contributed by atoms with Crippen LogP contribution >= 0.6 is 11.6 Å². The van der Waals surface area contributed by atoms with Crippen LogP contribution in [0.25, 0.3) is 0 Å². The Morgan fingerprint density at radius 2 is 1.93 bits per heavy atom. The van der Waals surface area contributed by atoms with Gasteiger partial charge in [-0.25, -0.2) is 13.6 Å². The molecule has 7 heteroatoms. The van der Waals surface area contributed by atoms with E-state index in [0.717, 1.165) is 12.1 Å². The minimum atomic E-state index is -0.995. The lowest BCUT2D eigenvalue weighted by Gasteiger charge is -2.34. The molecule has 0 N–H and O–H groups in total. The lowest BCUT2D eigenvalue weighted by atomic mass is 9.83. The molecule has 1 atom stereocenters. The van der Waals surface area contributed by atoms with Crippen LogP contribution in [-0.4, -0.2) is 23.9 Å². The summed E-state index contributed by atoms with van der Waals surface area (Å²) in [7, 11) is 1.27. The van der Waals surface area contributed by atoms with Crippen LogP contribution < -0.4 is 0 Å². The van der Waals surface area contributed by atoms with E-state index in [1.165, 1.54) is 18.1 Å². The molecule has 0 radical (unpaired) electrons. The van der Waals surface area contributed by atoms with Gasteiger partial charge in [-0.1, -0.05) is 35.9 Å². The summed E-state index contributed by atoms with van der Waals surface area (Å²) in [6.07, 6.45) is 0.00911. The Labute approximate surface area is 166 Å². The SMILES string of the molecule is COC(=O)C1=C(C)N(Cc2ccc(F)c(F)c2)C(=O)C[C@@H]1c1ccccc1Cl. The summed E-state index contributed by atoms with van der Waals surface area (Å²) in [5.41, 5.74) is 1.78. The number of esters is 1. The Balaban J connectivity index is 2.04.